The third-order valence-electron chi connectivity index (χ3n) is 3.50. The van der Waals surface area contributed by atoms with Crippen LogP contribution in [0, 0.1) is 11.6 Å². The highest BCUT2D eigenvalue weighted by Crippen LogP contribution is 2.28. The Bertz CT molecular complexity index is 802. The van der Waals surface area contributed by atoms with E-state index < -0.39 is 11.6 Å². The molecule has 0 aliphatic heterocycles. The van der Waals surface area contributed by atoms with E-state index in [1.165, 1.54) is 6.07 Å². The average molecular weight is 311 g/mol. The summed E-state index contributed by atoms with van der Waals surface area (Å²) in [4.78, 5) is 0. The Morgan fingerprint density at radius 3 is 2.22 bits per heavy atom. The van der Waals surface area contributed by atoms with E-state index in [1.807, 2.05) is 30.3 Å². The average Bonchev–Trinajstić information content (AvgIpc) is 2.58. The van der Waals surface area contributed by atoms with Crippen molar-refractivity contribution in [1.29, 1.82) is 0 Å². The predicted octanol–water partition coefficient (Wildman–Crippen LogP) is 4.79. The van der Waals surface area contributed by atoms with Gasteiger partial charge in [0.05, 0.1) is 5.69 Å². The zero-order valence-electron chi connectivity index (χ0n) is 12.3. The van der Waals surface area contributed by atoms with E-state index in [1.54, 1.807) is 24.3 Å². The molecule has 0 aromatic heterocycles. The Hall–Kier alpha value is -2.88. The maximum atomic E-state index is 13.9. The van der Waals surface area contributed by atoms with E-state index in [9.17, 15) is 8.78 Å². The monoisotopic (exact) mass is 311 g/mol. The molecule has 0 spiro atoms. The minimum Gasteiger partial charge on any atom is -0.489 e. The van der Waals surface area contributed by atoms with E-state index >= 15 is 0 Å². The van der Waals surface area contributed by atoms with Crippen molar-refractivity contribution < 1.29 is 13.5 Å². The van der Waals surface area contributed by atoms with Crippen molar-refractivity contribution in [2.45, 2.75) is 6.61 Å². The van der Waals surface area contributed by atoms with Gasteiger partial charge >= 0.3 is 0 Å². The first-order valence-corrected chi connectivity index (χ1v) is 7.15. The number of anilines is 1. The normalized spacial score (nSPS) is 10.5. The second-order valence-corrected chi connectivity index (χ2v) is 5.15. The zero-order chi connectivity index (χ0) is 16.2. The second kappa shape index (κ2) is 6.48. The Balaban J connectivity index is 1.76. The molecule has 0 atom stereocenters. The van der Waals surface area contributed by atoms with Gasteiger partial charge in [0, 0.05) is 11.6 Å². The molecule has 3 rings (SSSR count). The molecule has 0 amide bonds. The maximum Gasteiger partial charge on any atom is 0.149 e. The van der Waals surface area contributed by atoms with Gasteiger partial charge in [0.15, 0.2) is 0 Å². The molecule has 0 heterocycles. The number of benzene rings is 3. The molecule has 4 heteroatoms. The molecule has 23 heavy (non-hydrogen) atoms. The topological polar surface area (TPSA) is 35.2 Å². The first-order chi connectivity index (χ1) is 11.1. The van der Waals surface area contributed by atoms with Gasteiger partial charge in [0.2, 0.25) is 0 Å². The van der Waals surface area contributed by atoms with Gasteiger partial charge in [0.25, 0.3) is 0 Å². The van der Waals surface area contributed by atoms with Crippen molar-refractivity contribution in [3.63, 3.8) is 0 Å². The molecule has 0 radical (unpaired) electrons. The predicted molar refractivity (Wildman–Crippen MR) is 87.0 cm³/mol. The van der Waals surface area contributed by atoms with Crippen molar-refractivity contribution in [1.82, 2.24) is 0 Å². The van der Waals surface area contributed by atoms with Crippen LogP contribution in [-0.4, -0.2) is 0 Å². The minimum absolute atomic E-state index is 0.0780. The van der Waals surface area contributed by atoms with Crippen molar-refractivity contribution in [3.05, 3.63) is 83.9 Å². The number of nitrogens with two attached hydrogens (primary N) is 1. The van der Waals surface area contributed by atoms with Gasteiger partial charge in [-0.05, 0) is 29.3 Å². The van der Waals surface area contributed by atoms with Crippen LogP contribution in [0.15, 0.2) is 66.7 Å². The lowest BCUT2D eigenvalue weighted by Crippen LogP contribution is -1.96. The summed E-state index contributed by atoms with van der Waals surface area (Å²) >= 11 is 0. The quantitative estimate of drug-likeness (QED) is 0.703. The minimum atomic E-state index is -0.755. The van der Waals surface area contributed by atoms with Gasteiger partial charge in [-0.15, -0.1) is 0 Å². The van der Waals surface area contributed by atoms with Gasteiger partial charge in [-0.3, -0.25) is 0 Å². The number of hydrogen-bond donors (Lipinski definition) is 1. The number of rotatable bonds is 4. The fourth-order valence-corrected chi connectivity index (χ4v) is 2.26. The second-order valence-electron chi connectivity index (χ2n) is 5.15. The van der Waals surface area contributed by atoms with Gasteiger partial charge in [-0.1, -0.05) is 42.5 Å². The molecule has 2 nitrogen and oxygen atoms in total. The zero-order valence-corrected chi connectivity index (χ0v) is 12.3. The molecule has 0 fully saturated rings. The highest BCUT2D eigenvalue weighted by Gasteiger charge is 2.10. The fourth-order valence-electron chi connectivity index (χ4n) is 2.26. The third kappa shape index (κ3) is 3.48. The number of nitrogen functional groups attached to an aromatic ring is 1. The van der Waals surface area contributed by atoms with Crippen molar-refractivity contribution in [2.75, 3.05) is 5.73 Å². The van der Waals surface area contributed by atoms with Crippen LogP contribution in [0.3, 0.4) is 0 Å². The summed E-state index contributed by atoms with van der Waals surface area (Å²) in [6.07, 6.45) is 0. The largest absolute Gasteiger partial charge is 0.489 e. The number of ether oxygens (including phenoxy) is 1. The Labute approximate surface area is 133 Å². The van der Waals surface area contributed by atoms with Crippen LogP contribution in [0.1, 0.15) is 5.56 Å². The molecule has 0 aliphatic carbocycles. The molecular formula is C19H15F2NO. The lowest BCUT2D eigenvalue weighted by molar-refractivity contribution is 0.306. The highest BCUT2D eigenvalue weighted by molar-refractivity contribution is 5.68. The van der Waals surface area contributed by atoms with Gasteiger partial charge < -0.3 is 10.5 Å². The number of hydrogen-bond acceptors (Lipinski definition) is 2. The molecule has 116 valence electrons. The summed E-state index contributed by atoms with van der Waals surface area (Å²) in [5, 5.41) is 0. The Morgan fingerprint density at radius 1 is 0.826 bits per heavy atom. The van der Waals surface area contributed by atoms with Gasteiger partial charge in [-0.25, -0.2) is 8.78 Å². The first-order valence-electron chi connectivity index (χ1n) is 7.15. The summed E-state index contributed by atoms with van der Waals surface area (Å²) in [6.45, 7) is 0.456. The Kier molecular flexibility index (Phi) is 4.24. The molecular weight excluding hydrogens is 296 g/mol. The smallest absolute Gasteiger partial charge is 0.149 e. The lowest BCUT2D eigenvalue weighted by Gasteiger charge is -2.09. The molecule has 3 aromatic carbocycles. The fraction of sp³-hybridized carbons (Fsp3) is 0.0526. The standard InChI is InChI=1S/C19H15F2NO/c20-17-11-18(21)19(22)10-16(17)14-6-8-15(9-7-14)23-12-13-4-2-1-3-5-13/h1-11H,12,22H2. The van der Waals surface area contributed by atoms with E-state index in [-0.39, 0.29) is 11.3 Å². The number of halogens is 2. The van der Waals surface area contributed by atoms with Crippen LogP contribution >= 0.6 is 0 Å². The van der Waals surface area contributed by atoms with Crippen LogP contribution < -0.4 is 10.5 Å². The summed E-state index contributed by atoms with van der Waals surface area (Å²) in [6, 6.07) is 18.8. The van der Waals surface area contributed by atoms with Crippen LogP contribution in [0.4, 0.5) is 14.5 Å². The van der Waals surface area contributed by atoms with E-state index in [0.717, 1.165) is 11.6 Å². The van der Waals surface area contributed by atoms with E-state index in [0.29, 0.717) is 17.9 Å². The van der Waals surface area contributed by atoms with Gasteiger partial charge in [0.1, 0.15) is 24.0 Å². The maximum absolute atomic E-state index is 13.9. The van der Waals surface area contributed by atoms with E-state index in [2.05, 4.69) is 0 Å². The summed E-state index contributed by atoms with van der Waals surface area (Å²) in [5.41, 5.74) is 7.36. The van der Waals surface area contributed by atoms with Crippen LogP contribution in [0.25, 0.3) is 11.1 Å². The molecule has 0 unspecified atom stereocenters. The molecule has 0 saturated carbocycles. The van der Waals surface area contributed by atoms with Crippen molar-refractivity contribution >= 4 is 5.69 Å². The first kappa shape index (κ1) is 15.0. The van der Waals surface area contributed by atoms with Crippen molar-refractivity contribution in [3.8, 4) is 16.9 Å². The van der Waals surface area contributed by atoms with Crippen LogP contribution in [0.5, 0.6) is 5.75 Å². The molecule has 0 saturated heterocycles. The highest BCUT2D eigenvalue weighted by atomic mass is 19.1. The summed E-state index contributed by atoms with van der Waals surface area (Å²) in [7, 11) is 0. The summed E-state index contributed by atoms with van der Waals surface area (Å²) < 4.78 is 32.8. The Morgan fingerprint density at radius 2 is 1.52 bits per heavy atom. The van der Waals surface area contributed by atoms with Crippen LogP contribution in [0.2, 0.25) is 0 Å². The van der Waals surface area contributed by atoms with Crippen molar-refractivity contribution in [2.24, 2.45) is 0 Å². The molecule has 0 bridgehead atoms. The van der Waals surface area contributed by atoms with E-state index in [4.69, 9.17) is 10.5 Å². The lowest BCUT2D eigenvalue weighted by atomic mass is 10.0. The molecule has 3 aromatic rings. The summed E-state index contributed by atoms with van der Waals surface area (Å²) in [5.74, 6) is -0.725. The molecule has 2 N–H and O–H groups in total. The third-order valence-corrected chi connectivity index (χ3v) is 3.50. The SMILES string of the molecule is Nc1cc(-c2ccc(OCc3ccccc3)cc2)c(F)cc1F. The van der Waals surface area contributed by atoms with Crippen LogP contribution in [-0.2, 0) is 6.61 Å². The van der Waals surface area contributed by atoms with Gasteiger partial charge in [-0.2, -0.15) is 0 Å². The molecule has 0 aliphatic rings.